The van der Waals surface area contributed by atoms with E-state index in [-0.39, 0.29) is 11.4 Å². The van der Waals surface area contributed by atoms with E-state index < -0.39 is 0 Å². The van der Waals surface area contributed by atoms with Gasteiger partial charge in [0.15, 0.2) is 0 Å². The van der Waals surface area contributed by atoms with Crippen molar-refractivity contribution in [2.24, 2.45) is 0 Å². The van der Waals surface area contributed by atoms with Crippen LogP contribution < -0.4 is 5.32 Å². The molecule has 0 aliphatic rings. The van der Waals surface area contributed by atoms with Crippen molar-refractivity contribution in [3.63, 3.8) is 0 Å². The minimum absolute atomic E-state index is 0.0648. The maximum atomic E-state index is 11.9. The molecule has 16 heavy (non-hydrogen) atoms. The lowest BCUT2D eigenvalue weighted by atomic mass is 10.0. The van der Waals surface area contributed by atoms with Crippen LogP contribution in [0.3, 0.4) is 0 Å². The maximum absolute atomic E-state index is 11.9. The summed E-state index contributed by atoms with van der Waals surface area (Å²) in [6.07, 6.45) is 0.814. The summed E-state index contributed by atoms with van der Waals surface area (Å²) in [6, 6.07) is 7.52. The molecule has 88 valence electrons. The molecular weight excluding hydrogens is 222 g/mol. The number of nitrogens with one attached hydrogen (secondary N) is 1. The third-order valence-electron chi connectivity index (χ3n) is 2.80. The van der Waals surface area contributed by atoms with E-state index in [1.54, 1.807) is 0 Å². The van der Waals surface area contributed by atoms with Gasteiger partial charge in [-0.15, -0.1) is 11.6 Å². The number of halogens is 1. The number of alkyl halides is 1. The van der Waals surface area contributed by atoms with Crippen molar-refractivity contribution in [1.82, 2.24) is 5.32 Å². The summed E-state index contributed by atoms with van der Waals surface area (Å²) >= 11 is 5.85. The summed E-state index contributed by atoms with van der Waals surface area (Å²) in [5.41, 5.74) is 1.49. The average molecular weight is 240 g/mol. The van der Waals surface area contributed by atoms with E-state index >= 15 is 0 Å². The fraction of sp³-hybridized carbons (Fsp3) is 0.462. The standard InChI is InChI=1S/C13H18ClNO/c1-4-13(3,9-14)15-12(16)11-7-5-10(2)6-8-11/h5-8H,4,9H2,1-3H3,(H,15,16). The summed E-state index contributed by atoms with van der Waals surface area (Å²) in [7, 11) is 0. The fourth-order valence-corrected chi connectivity index (χ4v) is 1.52. The molecule has 0 aliphatic carbocycles. The van der Waals surface area contributed by atoms with Gasteiger partial charge in [-0.3, -0.25) is 4.79 Å². The number of hydrogen-bond donors (Lipinski definition) is 1. The Labute approximate surface area is 102 Å². The highest BCUT2D eigenvalue weighted by atomic mass is 35.5. The highest BCUT2D eigenvalue weighted by Crippen LogP contribution is 2.13. The second-order valence-electron chi connectivity index (χ2n) is 4.37. The van der Waals surface area contributed by atoms with Crippen LogP contribution in [0, 0.1) is 6.92 Å². The molecule has 0 spiro atoms. The summed E-state index contributed by atoms with van der Waals surface area (Å²) in [4.78, 5) is 11.9. The van der Waals surface area contributed by atoms with Crippen LogP contribution in [0.4, 0.5) is 0 Å². The number of carbonyl (C=O) groups excluding carboxylic acids is 1. The molecule has 1 aromatic carbocycles. The Morgan fingerprint density at radius 1 is 1.38 bits per heavy atom. The first-order chi connectivity index (χ1) is 7.50. The number of rotatable bonds is 4. The van der Waals surface area contributed by atoms with E-state index in [0.29, 0.717) is 11.4 Å². The lowest BCUT2D eigenvalue weighted by molar-refractivity contribution is 0.0912. The lowest BCUT2D eigenvalue weighted by Crippen LogP contribution is -2.47. The van der Waals surface area contributed by atoms with Gasteiger partial charge in [0.2, 0.25) is 0 Å². The van der Waals surface area contributed by atoms with Crippen molar-refractivity contribution in [3.8, 4) is 0 Å². The molecule has 0 bridgehead atoms. The van der Waals surface area contributed by atoms with Gasteiger partial charge in [-0.05, 0) is 32.4 Å². The summed E-state index contributed by atoms with van der Waals surface area (Å²) in [5, 5.41) is 2.96. The van der Waals surface area contributed by atoms with E-state index in [9.17, 15) is 4.79 Å². The molecule has 1 amide bonds. The van der Waals surface area contributed by atoms with Crippen LogP contribution in [0.5, 0.6) is 0 Å². The predicted molar refractivity (Wildman–Crippen MR) is 68.1 cm³/mol. The van der Waals surface area contributed by atoms with Crippen LogP contribution in [0.15, 0.2) is 24.3 Å². The number of carbonyl (C=O) groups is 1. The molecule has 1 atom stereocenters. The van der Waals surface area contributed by atoms with E-state index in [1.807, 2.05) is 45.0 Å². The summed E-state index contributed by atoms with van der Waals surface area (Å²) < 4.78 is 0. The summed E-state index contributed by atoms with van der Waals surface area (Å²) in [5.74, 6) is 0.353. The zero-order valence-corrected chi connectivity index (χ0v) is 10.8. The van der Waals surface area contributed by atoms with Crippen LogP contribution in [-0.4, -0.2) is 17.3 Å². The minimum atomic E-state index is -0.330. The van der Waals surface area contributed by atoms with Crippen molar-refractivity contribution < 1.29 is 4.79 Å². The van der Waals surface area contributed by atoms with E-state index in [1.165, 1.54) is 0 Å². The van der Waals surface area contributed by atoms with Gasteiger partial charge in [-0.1, -0.05) is 24.6 Å². The number of hydrogen-bond acceptors (Lipinski definition) is 1. The van der Waals surface area contributed by atoms with Gasteiger partial charge in [0, 0.05) is 11.4 Å². The zero-order chi connectivity index (χ0) is 12.2. The smallest absolute Gasteiger partial charge is 0.251 e. The fourth-order valence-electron chi connectivity index (χ4n) is 1.27. The first-order valence-electron chi connectivity index (χ1n) is 5.46. The molecule has 0 aliphatic heterocycles. The molecule has 0 saturated heterocycles. The zero-order valence-electron chi connectivity index (χ0n) is 10.0. The van der Waals surface area contributed by atoms with Crippen LogP contribution in [0.1, 0.15) is 36.2 Å². The quantitative estimate of drug-likeness (QED) is 0.804. The Bertz CT molecular complexity index is 355. The molecule has 0 fully saturated rings. The summed E-state index contributed by atoms with van der Waals surface area (Å²) in [6.45, 7) is 5.96. The van der Waals surface area contributed by atoms with E-state index in [0.717, 1.165) is 12.0 Å². The van der Waals surface area contributed by atoms with Crippen LogP contribution in [0.2, 0.25) is 0 Å². The average Bonchev–Trinajstić information content (AvgIpc) is 2.29. The third kappa shape index (κ3) is 3.24. The van der Waals surface area contributed by atoms with Crippen molar-refractivity contribution in [1.29, 1.82) is 0 Å². The number of amides is 1. The monoisotopic (exact) mass is 239 g/mol. The van der Waals surface area contributed by atoms with Crippen molar-refractivity contribution in [2.75, 3.05) is 5.88 Å². The molecule has 0 heterocycles. The molecule has 0 aromatic heterocycles. The van der Waals surface area contributed by atoms with Crippen LogP contribution >= 0.6 is 11.6 Å². The van der Waals surface area contributed by atoms with Crippen molar-refractivity contribution in [3.05, 3.63) is 35.4 Å². The first kappa shape index (κ1) is 13.0. The number of benzene rings is 1. The molecule has 1 unspecified atom stereocenters. The van der Waals surface area contributed by atoms with Gasteiger partial charge >= 0.3 is 0 Å². The molecular formula is C13H18ClNO. The Hall–Kier alpha value is -1.02. The second kappa shape index (κ2) is 5.35. The Balaban J connectivity index is 2.76. The van der Waals surface area contributed by atoms with Crippen molar-refractivity contribution in [2.45, 2.75) is 32.7 Å². The highest BCUT2D eigenvalue weighted by Gasteiger charge is 2.23. The molecule has 1 rings (SSSR count). The van der Waals surface area contributed by atoms with Crippen molar-refractivity contribution >= 4 is 17.5 Å². The second-order valence-corrected chi connectivity index (χ2v) is 4.64. The van der Waals surface area contributed by atoms with Crippen LogP contribution in [-0.2, 0) is 0 Å². The Morgan fingerprint density at radius 3 is 2.38 bits per heavy atom. The van der Waals surface area contributed by atoms with Gasteiger partial charge < -0.3 is 5.32 Å². The molecule has 1 aromatic rings. The maximum Gasteiger partial charge on any atom is 0.251 e. The highest BCUT2D eigenvalue weighted by molar-refractivity contribution is 6.18. The van der Waals surface area contributed by atoms with Gasteiger partial charge in [-0.2, -0.15) is 0 Å². The van der Waals surface area contributed by atoms with Gasteiger partial charge in [0.05, 0.1) is 5.54 Å². The lowest BCUT2D eigenvalue weighted by Gasteiger charge is -2.27. The molecule has 1 N–H and O–H groups in total. The predicted octanol–water partition coefficient (Wildman–Crippen LogP) is 3.13. The normalized spacial score (nSPS) is 14.2. The van der Waals surface area contributed by atoms with E-state index in [2.05, 4.69) is 5.32 Å². The van der Waals surface area contributed by atoms with Crippen LogP contribution in [0.25, 0.3) is 0 Å². The molecule has 2 nitrogen and oxygen atoms in total. The Kier molecular flexibility index (Phi) is 4.36. The van der Waals surface area contributed by atoms with E-state index in [4.69, 9.17) is 11.6 Å². The topological polar surface area (TPSA) is 29.1 Å². The largest absolute Gasteiger partial charge is 0.346 e. The van der Waals surface area contributed by atoms with Gasteiger partial charge in [0.25, 0.3) is 5.91 Å². The molecule has 0 saturated carbocycles. The first-order valence-corrected chi connectivity index (χ1v) is 5.99. The minimum Gasteiger partial charge on any atom is -0.346 e. The third-order valence-corrected chi connectivity index (χ3v) is 3.39. The number of aryl methyl sites for hydroxylation is 1. The van der Waals surface area contributed by atoms with Gasteiger partial charge in [-0.25, -0.2) is 0 Å². The molecule has 3 heteroatoms. The van der Waals surface area contributed by atoms with Gasteiger partial charge in [0.1, 0.15) is 0 Å². The Morgan fingerprint density at radius 2 is 1.94 bits per heavy atom. The SMILES string of the molecule is CCC(C)(CCl)NC(=O)c1ccc(C)cc1. The molecule has 0 radical (unpaired) electrons.